The van der Waals surface area contributed by atoms with Gasteiger partial charge in [0.05, 0.1) is 6.04 Å². The molecule has 0 saturated carbocycles. The lowest BCUT2D eigenvalue weighted by molar-refractivity contribution is -0.134. The maximum Gasteiger partial charge on any atom is 0.239 e. The van der Waals surface area contributed by atoms with Crippen LogP contribution in [0.3, 0.4) is 0 Å². The van der Waals surface area contributed by atoms with Crippen LogP contribution in [0.2, 0.25) is 0 Å². The summed E-state index contributed by atoms with van der Waals surface area (Å²) in [5.74, 6) is 0.234. The molecule has 5 heteroatoms. The number of ether oxygens (including phenoxy) is 1. The number of likely N-dealkylation sites (tertiary alicyclic amines) is 1. The van der Waals surface area contributed by atoms with E-state index >= 15 is 0 Å². The Balaban J connectivity index is 1.82. The van der Waals surface area contributed by atoms with Crippen LogP contribution in [0, 0.1) is 0 Å². The van der Waals surface area contributed by atoms with Crippen LogP contribution in [0.4, 0.5) is 0 Å². The summed E-state index contributed by atoms with van der Waals surface area (Å²) in [5.41, 5.74) is 0. The van der Waals surface area contributed by atoms with Crippen molar-refractivity contribution in [1.29, 1.82) is 0 Å². The van der Waals surface area contributed by atoms with Crippen molar-refractivity contribution in [2.75, 3.05) is 19.6 Å². The molecule has 2 aliphatic heterocycles. The quantitative estimate of drug-likeness (QED) is 0.751. The van der Waals surface area contributed by atoms with Crippen LogP contribution in [0.25, 0.3) is 0 Å². The Morgan fingerprint density at radius 3 is 2.71 bits per heavy atom. The second kappa shape index (κ2) is 5.78. The van der Waals surface area contributed by atoms with E-state index in [9.17, 15) is 4.79 Å². The van der Waals surface area contributed by atoms with Gasteiger partial charge in [-0.15, -0.1) is 0 Å². The average molecular weight is 256 g/mol. The van der Waals surface area contributed by atoms with Crippen LogP contribution in [-0.2, 0) is 9.53 Å². The predicted molar refractivity (Wildman–Crippen MR) is 70.0 cm³/mol. The smallest absolute Gasteiger partial charge is 0.239 e. The van der Waals surface area contributed by atoms with Crippen LogP contribution >= 0.6 is 12.2 Å². The van der Waals surface area contributed by atoms with Gasteiger partial charge in [0.1, 0.15) is 6.10 Å². The average Bonchev–Trinajstić information content (AvgIpc) is 2.77. The van der Waals surface area contributed by atoms with Gasteiger partial charge in [-0.3, -0.25) is 4.79 Å². The topological polar surface area (TPSA) is 41.6 Å². The molecule has 17 heavy (non-hydrogen) atoms. The third-order valence-corrected chi connectivity index (χ3v) is 3.49. The largest absolute Gasteiger partial charge is 0.483 e. The number of nitrogens with zero attached hydrogens (tertiary/aromatic N) is 1. The zero-order chi connectivity index (χ0) is 12.3. The molecule has 2 atom stereocenters. The molecule has 96 valence electrons. The van der Waals surface area contributed by atoms with Gasteiger partial charge in [0.25, 0.3) is 0 Å². The molecule has 4 nitrogen and oxygen atoms in total. The van der Waals surface area contributed by atoms with Gasteiger partial charge in [0, 0.05) is 33.0 Å². The van der Waals surface area contributed by atoms with Gasteiger partial charge in [0.15, 0.2) is 5.05 Å². The minimum absolute atomic E-state index is 0.0613. The highest BCUT2D eigenvalue weighted by Crippen LogP contribution is 2.16. The fourth-order valence-electron chi connectivity index (χ4n) is 2.55. The fraction of sp³-hybridized carbons (Fsp3) is 0.833. The van der Waals surface area contributed by atoms with Crippen molar-refractivity contribution in [3.8, 4) is 0 Å². The highest BCUT2D eigenvalue weighted by Gasteiger charge is 2.33. The number of hydrogen-bond acceptors (Lipinski definition) is 4. The van der Waals surface area contributed by atoms with E-state index in [1.165, 1.54) is 6.42 Å². The van der Waals surface area contributed by atoms with Crippen molar-refractivity contribution >= 4 is 23.2 Å². The van der Waals surface area contributed by atoms with Gasteiger partial charge in [-0.1, -0.05) is 0 Å². The van der Waals surface area contributed by atoms with E-state index < -0.39 is 0 Å². The Kier molecular flexibility index (Phi) is 4.34. The molecule has 0 aromatic heterocycles. The summed E-state index contributed by atoms with van der Waals surface area (Å²) in [5, 5.41) is 3.79. The first-order valence-electron chi connectivity index (χ1n) is 6.36. The molecular formula is C12H20N2O2S. The summed E-state index contributed by atoms with van der Waals surface area (Å²) in [6.45, 7) is 4.32. The van der Waals surface area contributed by atoms with E-state index in [-0.39, 0.29) is 18.1 Å². The first-order chi connectivity index (χ1) is 8.16. The van der Waals surface area contributed by atoms with E-state index in [1.807, 2.05) is 4.90 Å². The summed E-state index contributed by atoms with van der Waals surface area (Å²) in [4.78, 5) is 14.2. The predicted octanol–water partition coefficient (Wildman–Crippen LogP) is 1.09. The van der Waals surface area contributed by atoms with Crippen LogP contribution in [-0.4, -0.2) is 47.6 Å². The van der Waals surface area contributed by atoms with Gasteiger partial charge in [-0.25, -0.2) is 0 Å². The summed E-state index contributed by atoms with van der Waals surface area (Å²) in [6.07, 6.45) is 4.32. The van der Waals surface area contributed by atoms with E-state index in [4.69, 9.17) is 17.0 Å². The van der Waals surface area contributed by atoms with Crippen molar-refractivity contribution in [2.24, 2.45) is 0 Å². The molecule has 0 spiro atoms. The number of nitrogens with one attached hydrogen (secondary N) is 1. The molecule has 2 heterocycles. The van der Waals surface area contributed by atoms with Crippen molar-refractivity contribution in [2.45, 2.75) is 44.8 Å². The van der Waals surface area contributed by atoms with E-state index in [0.717, 1.165) is 38.9 Å². The molecule has 2 aliphatic rings. The lowest BCUT2D eigenvalue weighted by Crippen LogP contribution is -2.45. The normalized spacial score (nSPS) is 29.1. The first kappa shape index (κ1) is 12.8. The SMILES string of the molecule is CC(=S)O[C@@H]1CN[C@H](C(=O)N2CCCCC2)C1. The number of amides is 1. The summed E-state index contributed by atoms with van der Waals surface area (Å²) < 4.78 is 5.48. The van der Waals surface area contributed by atoms with Gasteiger partial charge < -0.3 is 15.0 Å². The van der Waals surface area contributed by atoms with Crippen molar-refractivity contribution in [1.82, 2.24) is 10.2 Å². The van der Waals surface area contributed by atoms with Crippen molar-refractivity contribution in [3.05, 3.63) is 0 Å². The zero-order valence-electron chi connectivity index (χ0n) is 10.3. The van der Waals surface area contributed by atoms with Gasteiger partial charge in [-0.05, 0) is 31.5 Å². The Bertz CT molecular complexity index is 303. The van der Waals surface area contributed by atoms with Crippen LogP contribution in [0.15, 0.2) is 0 Å². The standard InChI is InChI=1S/C12H20N2O2S/c1-9(17)16-10-7-11(13-8-10)12(15)14-5-3-2-4-6-14/h10-11,13H,2-8H2,1H3/t10-,11-/m0/s1. The maximum absolute atomic E-state index is 12.2. The number of thiocarbonyl (C=S) groups is 1. The highest BCUT2D eigenvalue weighted by molar-refractivity contribution is 7.80. The molecule has 0 aliphatic carbocycles. The maximum atomic E-state index is 12.2. The third kappa shape index (κ3) is 3.39. The van der Waals surface area contributed by atoms with Gasteiger partial charge in [-0.2, -0.15) is 0 Å². The summed E-state index contributed by atoms with van der Waals surface area (Å²) >= 11 is 4.92. The highest BCUT2D eigenvalue weighted by atomic mass is 32.1. The molecule has 2 fully saturated rings. The molecule has 1 amide bonds. The van der Waals surface area contributed by atoms with E-state index in [1.54, 1.807) is 6.92 Å². The minimum atomic E-state index is -0.0764. The molecule has 0 aromatic carbocycles. The molecular weight excluding hydrogens is 236 g/mol. The number of carbonyl (C=O) groups excluding carboxylic acids is 1. The number of hydrogen-bond donors (Lipinski definition) is 1. The molecule has 2 saturated heterocycles. The number of rotatable bonds is 2. The number of piperidine rings is 1. The molecule has 2 rings (SSSR count). The van der Waals surface area contributed by atoms with E-state index in [2.05, 4.69) is 5.32 Å². The second-order valence-electron chi connectivity index (χ2n) is 4.81. The fourth-order valence-corrected chi connectivity index (χ4v) is 2.69. The molecule has 0 bridgehead atoms. The van der Waals surface area contributed by atoms with Crippen LogP contribution in [0.1, 0.15) is 32.6 Å². The molecule has 1 N–H and O–H groups in total. The monoisotopic (exact) mass is 256 g/mol. The van der Waals surface area contributed by atoms with Crippen LogP contribution < -0.4 is 5.32 Å². The molecule has 0 unspecified atom stereocenters. The lowest BCUT2D eigenvalue weighted by atomic mass is 10.1. The van der Waals surface area contributed by atoms with Gasteiger partial charge in [0.2, 0.25) is 5.91 Å². The Morgan fingerprint density at radius 2 is 2.06 bits per heavy atom. The Morgan fingerprint density at radius 1 is 1.35 bits per heavy atom. The van der Waals surface area contributed by atoms with Crippen molar-refractivity contribution < 1.29 is 9.53 Å². The Labute approximate surface area is 108 Å². The number of carbonyl (C=O) groups is 1. The van der Waals surface area contributed by atoms with Crippen LogP contribution in [0.5, 0.6) is 0 Å². The second-order valence-corrected chi connectivity index (χ2v) is 5.39. The molecule has 0 radical (unpaired) electrons. The third-order valence-electron chi connectivity index (χ3n) is 3.39. The first-order valence-corrected chi connectivity index (χ1v) is 6.77. The van der Waals surface area contributed by atoms with E-state index in [0.29, 0.717) is 5.05 Å². The summed E-state index contributed by atoms with van der Waals surface area (Å²) in [6, 6.07) is -0.0764. The van der Waals surface area contributed by atoms with Crippen molar-refractivity contribution in [3.63, 3.8) is 0 Å². The lowest BCUT2D eigenvalue weighted by Gasteiger charge is -2.29. The zero-order valence-corrected chi connectivity index (χ0v) is 11.1. The van der Waals surface area contributed by atoms with Gasteiger partial charge >= 0.3 is 0 Å². The Hall–Kier alpha value is -0.680. The minimum Gasteiger partial charge on any atom is -0.483 e. The summed E-state index contributed by atoms with van der Waals surface area (Å²) in [7, 11) is 0. The molecule has 0 aromatic rings.